The third kappa shape index (κ3) is 4.25. The number of hydrogen-bond donors (Lipinski definition) is 2. The van der Waals surface area contributed by atoms with E-state index < -0.39 is 6.10 Å². The fourth-order valence-electron chi connectivity index (χ4n) is 1.12. The van der Waals surface area contributed by atoms with Gasteiger partial charge >= 0.3 is 0 Å². The number of para-hydroxylation sites is 1. The summed E-state index contributed by atoms with van der Waals surface area (Å²) in [6, 6.07) is 9.37. The van der Waals surface area contributed by atoms with Gasteiger partial charge in [-0.05, 0) is 25.0 Å². The Morgan fingerprint density at radius 1 is 1.21 bits per heavy atom. The molecule has 3 nitrogen and oxygen atoms in total. The van der Waals surface area contributed by atoms with Crippen molar-refractivity contribution in [1.82, 2.24) is 0 Å². The highest BCUT2D eigenvalue weighted by atomic mass is 16.5. The molecule has 2 N–H and O–H groups in total. The lowest BCUT2D eigenvalue weighted by Crippen LogP contribution is -2.17. The van der Waals surface area contributed by atoms with Crippen molar-refractivity contribution in [1.29, 1.82) is 0 Å². The van der Waals surface area contributed by atoms with Crippen molar-refractivity contribution >= 4 is 0 Å². The number of aliphatic hydroxyl groups is 2. The maximum Gasteiger partial charge on any atom is 0.119 e. The number of rotatable bonds is 6. The van der Waals surface area contributed by atoms with Gasteiger partial charge in [-0.2, -0.15) is 0 Å². The van der Waals surface area contributed by atoms with Crippen molar-refractivity contribution in [2.24, 2.45) is 0 Å². The first kappa shape index (κ1) is 11.0. The van der Waals surface area contributed by atoms with E-state index in [9.17, 15) is 5.11 Å². The molecule has 0 bridgehead atoms. The van der Waals surface area contributed by atoms with Crippen molar-refractivity contribution in [3.8, 4) is 5.75 Å². The Balaban J connectivity index is 2.20. The molecule has 0 aliphatic heterocycles. The van der Waals surface area contributed by atoms with E-state index in [0.717, 1.165) is 5.75 Å². The topological polar surface area (TPSA) is 49.7 Å². The third-order valence-corrected chi connectivity index (χ3v) is 1.88. The van der Waals surface area contributed by atoms with Gasteiger partial charge in [0.15, 0.2) is 0 Å². The first-order valence-corrected chi connectivity index (χ1v) is 4.79. The van der Waals surface area contributed by atoms with Crippen LogP contribution in [0.1, 0.15) is 12.8 Å². The summed E-state index contributed by atoms with van der Waals surface area (Å²) < 4.78 is 5.33. The second-order valence-electron chi connectivity index (χ2n) is 3.14. The molecule has 0 aromatic heterocycles. The summed E-state index contributed by atoms with van der Waals surface area (Å²) in [5, 5.41) is 18.0. The predicted octanol–water partition coefficient (Wildman–Crippen LogP) is 1.20. The summed E-state index contributed by atoms with van der Waals surface area (Å²) in [6.07, 6.45) is 0.685. The van der Waals surface area contributed by atoms with Gasteiger partial charge < -0.3 is 14.9 Å². The Morgan fingerprint density at radius 2 is 1.93 bits per heavy atom. The average molecular weight is 196 g/mol. The van der Waals surface area contributed by atoms with E-state index in [4.69, 9.17) is 9.84 Å². The fraction of sp³-hybridized carbons (Fsp3) is 0.455. The lowest BCUT2D eigenvalue weighted by Gasteiger charge is -2.11. The Morgan fingerprint density at radius 3 is 2.57 bits per heavy atom. The quantitative estimate of drug-likeness (QED) is 0.718. The zero-order valence-electron chi connectivity index (χ0n) is 8.10. The van der Waals surface area contributed by atoms with Gasteiger partial charge in [-0.25, -0.2) is 0 Å². The zero-order chi connectivity index (χ0) is 10.2. The van der Waals surface area contributed by atoms with E-state index in [-0.39, 0.29) is 13.2 Å². The molecule has 14 heavy (non-hydrogen) atoms. The highest BCUT2D eigenvalue weighted by Gasteiger charge is 2.03. The van der Waals surface area contributed by atoms with Crippen LogP contribution in [0.25, 0.3) is 0 Å². The number of benzene rings is 1. The highest BCUT2D eigenvalue weighted by molar-refractivity contribution is 5.20. The minimum absolute atomic E-state index is 0.113. The van der Waals surface area contributed by atoms with Crippen LogP contribution in [0.3, 0.4) is 0 Å². The van der Waals surface area contributed by atoms with Crippen molar-refractivity contribution < 1.29 is 14.9 Å². The first-order valence-electron chi connectivity index (χ1n) is 4.79. The molecule has 0 amide bonds. The van der Waals surface area contributed by atoms with Crippen molar-refractivity contribution in [2.75, 3.05) is 13.2 Å². The van der Waals surface area contributed by atoms with Crippen LogP contribution >= 0.6 is 0 Å². The van der Waals surface area contributed by atoms with Crippen LogP contribution in [0.5, 0.6) is 5.75 Å². The summed E-state index contributed by atoms with van der Waals surface area (Å²) in [4.78, 5) is 0. The molecule has 78 valence electrons. The van der Waals surface area contributed by atoms with Crippen molar-refractivity contribution in [3.63, 3.8) is 0 Å². The van der Waals surface area contributed by atoms with Crippen LogP contribution in [0, 0.1) is 0 Å². The summed E-state index contributed by atoms with van der Waals surface area (Å²) in [5.74, 6) is 0.760. The Labute approximate surface area is 84.0 Å². The van der Waals surface area contributed by atoms with E-state index in [2.05, 4.69) is 0 Å². The lowest BCUT2D eigenvalue weighted by atomic mass is 10.2. The van der Waals surface area contributed by atoms with E-state index in [1.54, 1.807) is 0 Å². The van der Waals surface area contributed by atoms with Gasteiger partial charge in [0.1, 0.15) is 12.4 Å². The molecule has 3 heteroatoms. The molecule has 1 rings (SSSR count). The maximum absolute atomic E-state index is 9.41. The molecule has 0 aliphatic carbocycles. The molecule has 1 aromatic rings. The molecule has 0 aliphatic rings. The largest absolute Gasteiger partial charge is 0.491 e. The van der Waals surface area contributed by atoms with Gasteiger partial charge in [0.25, 0.3) is 0 Å². The molecule has 0 saturated heterocycles. The third-order valence-electron chi connectivity index (χ3n) is 1.88. The molecule has 0 radical (unpaired) electrons. The molecule has 1 aromatic carbocycles. The minimum atomic E-state index is -0.498. The van der Waals surface area contributed by atoms with Crippen molar-refractivity contribution in [3.05, 3.63) is 30.3 Å². The van der Waals surface area contributed by atoms with Crippen molar-refractivity contribution in [2.45, 2.75) is 18.9 Å². The molecule has 1 atom stereocenters. The van der Waals surface area contributed by atoms with Crippen LogP contribution in [-0.4, -0.2) is 29.5 Å². The van der Waals surface area contributed by atoms with E-state index in [1.165, 1.54) is 0 Å². The molecule has 0 saturated carbocycles. The number of hydrogen-bond acceptors (Lipinski definition) is 3. The average Bonchev–Trinajstić information content (AvgIpc) is 2.25. The standard InChI is InChI=1S/C11H16O3/c12-8-4-5-10(13)9-14-11-6-2-1-3-7-11/h1-3,6-7,10,12-13H,4-5,8-9H2. The van der Waals surface area contributed by atoms with Crippen LogP contribution < -0.4 is 4.74 Å². The van der Waals surface area contributed by atoms with Crippen LogP contribution in [0.2, 0.25) is 0 Å². The van der Waals surface area contributed by atoms with Gasteiger partial charge in [0.2, 0.25) is 0 Å². The van der Waals surface area contributed by atoms with Gasteiger partial charge in [0, 0.05) is 6.61 Å². The smallest absolute Gasteiger partial charge is 0.119 e. The molecular formula is C11H16O3. The van der Waals surface area contributed by atoms with Gasteiger partial charge in [0.05, 0.1) is 6.10 Å². The normalized spacial score (nSPS) is 12.4. The summed E-state index contributed by atoms with van der Waals surface area (Å²) in [5.41, 5.74) is 0. The second kappa shape index (κ2) is 6.40. The number of aliphatic hydroxyl groups excluding tert-OH is 2. The summed E-state index contributed by atoms with van der Waals surface area (Å²) >= 11 is 0. The fourth-order valence-corrected chi connectivity index (χ4v) is 1.12. The van der Waals surface area contributed by atoms with Gasteiger partial charge in [-0.15, -0.1) is 0 Å². The Kier molecular flexibility index (Phi) is 5.04. The Hall–Kier alpha value is -1.06. The van der Waals surface area contributed by atoms with E-state index in [1.807, 2.05) is 30.3 Å². The van der Waals surface area contributed by atoms with Crippen LogP contribution in [-0.2, 0) is 0 Å². The number of ether oxygens (including phenoxy) is 1. The van der Waals surface area contributed by atoms with E-state index in [0.29, 0.717) is 12.8 Å². The van der Waals surface area contributed by atoms with Gasteiger partial charge in [-0.1, -0.05) is 18.2 Å². The molecule has 0 fully saturated rings. The molecular weight excluding hydrogens is 180 g/mol. The zero-order valence-corrected chi connectivity index (χ0v) is 8.10. The highest BCUT2D eigenvalue weighted by Crippen LogP contribution is 2.09. The molecule has 0 spiro atoms. The molecule has 0 heterocycles. The van der Waals surface area contributed by atoms with Gasteiger partial charge in [-0.3, -0.25) is 0 Å². The Bertz CT molecular complexity index is 236. The summed E-state index contributed by atoms with van der Waals surface area (Å²) in [7, 11) is 0. The first-order chi connectivity index (χ1) is 6.83. The SMILES string of the molecule is OCCCC(O)COc1ccccc1. The minimum Gasteiger partial charge on any atom is -0.491 e. The lowest BCUT2D eigenvalue weighted by molar-refractivity contribution is 0.0925. The molecule has 1 unspecified atom stereocenters. The summed E-state index contributed by atoms with van der Waals surface area (Å²) in [6.45, 7) is 0.395. The maximum atomic E-state index is 9.41. The van der Waals surface area contributed by atoms with Crippen LogP contribution in [0.15, 0.2) is 30.3 Å². The monoisotopic (exact) mass is 196 g/mol. The second-order valence-corrected chi connectivity index (χ2v) is 3.14. The van der Waals surface area contributed by atoms with E-state index >= 15 is 0 Å². The van der Waals surface area contributed by atoms with Crippen LogP contribution in [0.4, 0.5) is 0 Å². The predicted molar refractivity (Wildman–Crippen MR) is 54.3 cm³/mol.